The molecule has 0 unspecified atom stereocenters. The predicted octanol–water partition coefficient (Wildman–Crippen LogP) is 1.78. The van der Waals surface area contributed by atoms with Crippen molar-refractivity contribution in [3.63, 3.8) is 0 Å². The molecule has 1 saturated heterocycles. The Bertz CT molecular complexity index is 946. The number of aromatic nitrogens is 1. The number of ether oxygens (including phenoxy) is 1. The molecular formula is C18H20N2O5S. The molecule has 8 heteroatoms. The first kappa shape index (κ1) is 18.2. The van der Waals surface area contributed by atoms with E-state index in [1.807, 2.05) is 0 Å². The molecule has 2 N–H and O–H groups in total. The zero-order valence-electron chi connectivity index (χ0n) is 14.5. The van der Waals surface area contributed by atoms with Gasteiger partial charge in [-0.25, -0.2) is 13.2 Å². The maximum atomic E-state index is 12.4. The highest BCUT2D eigenvalue weighted by molar-refractivity contribution is 7.91. The van der Waals surface area contributed by atoms with Crippen molar-refractivity contribution in [2.75, 3.05) is 18.6 Å². The number of hydrogen-bond donors (Lipinski definition) is 2. The van der Waals surface area contributed by atoms with Gasteiger partial charge in [-0.1, -0.05) is 12.1 Å². The van der Waals surface area contributed by atoms with Gasteiger partial charge >= 0.3 is 5.97 Å². The molecule has 0 aliphatic carbocycles. The molecule has 0 radical (unpaired) electrons. The third-order valence-corrected chi connectivity index (χ3v) is 6.39. The van der Waals surface area contributed by atoms with Gasteiger partial charge in [0.15, 0.2) is 9.84 Å². The topological polar surface area (TPSA) is 105 Å². The van der Waals surface area contributed by atoms with Crippen LogP contribution in [0.25, 0.3) is 11.1 Å². The SMILES string of the molecule is COC(=O)c1cc(-c2ccc(C(=O)N[C@]3(C)CCS(=O)(=O)C3)cc2)c[nH]1. The highest BCUT2D eigenvalue weighted by Gasteiger charge is 2.39. The molecule has 0 saturated carbocycles. The van der Waals surface area contributed by atoms with Gasteiger partial charge in [-0.2, -0.15) is 0 Å². The van der Waals surface area contributed by atoms with Crippen molar-refractivity contribution >= 4 is 21.7 Å². The second-order valence-corrected chi connectivity index (χ2v) is 8.91. The van der Waals surface area contributed by atoms with Gasteiger partial charge in [-0.3, -0.25) is 4.79 Å². The fourth-order valence-corrected chi connectivity index (χ4v) is 5.15. The average Bonchev–Trinajstić information content (AvgIpc) is 3.19. The van der Waals surface area contributed by atoms with Crippen LogP contribution in [0.1, 0.15) is 34.2 Å². The molecule has 3 rings (SSSR count). The number of H-pyrrole nitrogens is 1. The predicted molar refractivity (Wildman–Crippen MR) is 96.7 cm³/mol. The minimum absolute atomic E-state index is 0.0382. The van der Waals surface area contributed by atoms with E-state index in [0.717, 1.165) is 11.1 Å². The normalized spacial score (nSPS) is 21.3. The van der Waals surface area contributed by atoms with E-state index in [4.69, 9.17) is 0 Å². The molecule has 1 fully saturated rings. The Balaban J connectivity index is 1.72. The third kappa shape index (κ3) is 3.80. The van der Waals surface area contributed by atoms with E-state index in [-0.39, 0.29) is 17.4 Å². The lowest BCUT2D eigenvalue weighted by Gasteiger charge is -2.23. The van der Waals surface area contributed by atoms with E-state index in [9.17, 15) is 18.0 Å². The number of rotatable bonds is 4. The Morgan fingerprint density at radius 3 is 2.46 bits per heavy atom. The van der Waals surface area contributed by atoms with Gasteiger partial charge in [-0.05, 0) is 42.7 Å². The molecule has 1 aliphatic heterocycles. The summed E-state index contributed by atoms with van der Waals surface area (Å²) >= 11 is 0. The van der Waals surface area contributed by atoms with Crippen molar-refractivity contribution in [1.29, 1.82) is 0 Å². The molecule has 1 aliphatic rings. The van der Waals surface area contributed by atoms with Crippen molar-refractivity contribution in [2.45, 2.75) is 18.9 Å². The van der Waals surface area contributed by atoms with E-state index in [0.29, 0.717) is 17.7 Å². The summed E-state index contributed by atoms with van der Waals surface area (Å²) < 4.78 is 28.0. The van der Waals surface area contributed by atoms with Crippen LogP contribution in [0, 0.1) is 0 Å². The van der Waals surface area contributed by atoms with E-state index in [1.54, 1.807) is 43.5 Å². The average molecular weight is 376 g/mol. The number of esters is 1. The number of carbonyl (C=O) groups excluding carboxylic acids is 2. The minimum Gasteiger partial charge on any atom is -0.464 e. The molecule has 7 nitrogen and oxygen atoms in total. The van der Waals surface area contributed by atoms with Crippen LogP contribution in [0.2, 0.25) is 0 Å². The minimum atomic E-state index is -3.09. The van der Waals surface area contributed by atoms with Crippen LogP contribution in [0.4, 0.5) is 0 Å². The highest BCUT2D eigenvalue weighted by atomic mass is 32.2. The lowest BCUT2D eigenvalue weighted by Crippen LogP contribution is -2.46. The number of sulfone groups is 1. The Hall–Kier alpha value is -2.61. The van der Waals surface area contributed by atoms with Crippen molar-refractivity contribution in [2.24, 2.45) is 0 Å². The molecule has 2 aromatic rings. The molecule has 0 spiro atoms. The molecule has 26 heavy (non-hydrogen) atoms. The zero-order chi connectivity index (χ0) is 18.9. The molecule has 1 atom stereocenters. The molecule has 2 heterocycles. The van der Waals surface area contributed by atoms with Crippen LogP contribution >= 0.6 is 0 Å². The number of nitrogens with one attached hydrogen (secondary N) is 2. The van der Waals surface area contributed by atoms with Gasteiger partial charge in [0.1, 0.15) is 5.69 Å². The second-order valence-electron chi connectivity index (χ2n) is 6.73. The summed E-state index contributed by atoms with van der Waals surface area (Å²) in [6, 6.07) is 8.55. The first-order chi connectivity index (χ1) is 12.2. The van der Waals surface area contributed by atoms with Gasteiger partial charge in [-0.15, -0.1) is 0 Å². The van der Waals surface area contributed by atoms with E-state index < -0.39 is 21.3 Å². The summed E-state index contributed by atoms with van der Waals surface area (Å²) in [6.45, 7) is 1.75. The number of benzene rings is 1. The Labute approximate surface area is 151 Å². The van der Waals surface area contributed by atoms with E-state index in [2.05, 4.69) is 15.0 Å². The van der Waals surface area contributed by atoms with Crippen molar-refractivity contribution < 1.29 is 22.7 Å². The third-order valence-electron chi connectivity index (χ3n) is 4.49. The maximum absolute atomic E-state index is 12.4. The number of methoxy groups -OCH3 is 1. The fourth-order valence-electron chi connectivity index (χ4n) is 3.06. The fraction of sp³-hybridized carbons (Fsp3) is 0.333. The standard InChI is InChI=1S/C18H20N2O5S/c1-18(7-8-26(23,24)11-18)20-16(21)13-5-3-12(4-6-13)14-9-15(19-10-14)17(22)25-2/h3-6,9-10,19H,7-8,11H2,1-2H3,(H,20,21)/t18-/m1/s1. The first-order valence-corrected chi connectivity index (χ1v) is 9.94. The van der Waals surface area contributed by atoms with Crippen LogP contribution in [-0.4, -0.2) is 49.4 Å². The maximum Gasteiger partial charge on any atom is 0.354 e. The summed E-state index contributed by atoms with van der Waals surface area (Å²) in [7, 11) is -1.78. The van der Waals surface area contributed by atoms with Crippen LogP contribution in [-0.2, 0) is 14.6 Å². The molecule has 1 aromatic heterocycles. The lowest BCUT2D eigenvalue weighted by molar-refractivity contribution is 0.0594. The summed E-state index contributed by atoms with van der Waals surface area (Å²) in [5.74, 6) is -0.699. The van der Waals surface area contributed by atoms with Crippen LogP contribution in [0.5, 0.6) is 0 Å². The molecular weight excluding hydrogens is 356 g/mol. The number of aromatic amines is 1. The van der Waals surface area contributed by atoms with Crippen LogP contribution in [0.15, 0.2) is 36.5 Å². The van der Waals surface area contributed by atoms with E-state index in [1.165, 1.54) is 7.11 Å². The van der Waals surface area contributed by atoms with Crippen molar-refractivity contribution in [3.05, 3.63) is 47.8 Å². The summed E-state index contributed by atoms with van der Waals surface area (Å²) in [5, 5.41) is 2.83. The molecule has 1 amide bonds. The summed E-state index contributed by atoms with van der Waals surface area (Å²) in [5.41, 5.74) is 1.70. The van der Waals surface area contributed by atoms with Crippen molar-refractivity contribution in [3.8, 4) is 11.1 Å². The molecule has 1 aromatic carbocycles. The quantitative estimate of drug-likeness (QED) is 0.791. The monoisotopic (exact) mass is 376 g/mol. The Morgan fingerprint density at radius 1 is 1.19 bits per heavy atom. The smallest absolute Gasteiger partial charge is 0.354 e. The Kier molecular flexibility index (Phi) is 4.62. The summed E-state index contributed by atoms with van der Waals surface area (Å²) in [6.07, 6.45) is 2.10. The van der Waals surface area contributed by atoms with Gasteiger partial charge in [0.2, 0.25) is 0 Å². The second kappa shape index (κ2) is 6.60. The molecule has 138 valence electrons. The van der Waals surface area contributed by atoms with Gasteiger partial charge in [0.05, 0.1) is 24.2 Å². The number of carbonyl (C=O) groups is 2. The Morgan fingerprint density at radius 2 is 1.88 bits per heavy atom. The first-order valence-electron chi connectivity index (χ1n) is 8.11. The van der Waals surface area contributed by atoms with Crippen LogP contribution < -0.4 is 5.32 Å². The van der Waals surface area contributed by atoms with E-state index >= 15 is 0 Å². The van der Waals surface area contributed by atoms with Gasteiger partial charge in [0.25, 0.3) is 5.91 Å². The summed E-state index contributed by atoms with van der Waals surface area (Å²) in [4.78, 5) is 26.8. The zero-order valence-corrected chi connectivity index (χ0v) is 15.4. The molecule has 0 bridgehead atoms. The lowest BCUT2D eigenvalue weighted by atomic mass is 10.0. The highest BCUT2D eigenvalue weighted by Crippen LogP contribution is 2.24. The van der Waals surface area contributed by atoms with Gasteiger partial charge < -0.3 is 15.0 Å². The van der Waals surface area contributed by atoms with Gasteiger partial charge in [0, 0.05) is 11.8 Å². The number of amides is 1. The largest absolute Gasteiger partial charge is 0.464 e. The van der Waals surface area contributed by atoms with Crippen molar-refractivity contribution in [1.82, 2.24) is 10.3 Å². The number of hydrogen-bond acceptors (Lipinski definition) is 5. The van der Waals surface area contributed by atoms with Crippen LogP contribution in [0.3, 0.4) is 0 Å².